The molecular formula is C18H16N2O3S. The molecule has 6 heteroatoms. The number of carbonyl (C=O) groups excluding carboxylic acids is 2. The van der Waals surface area contributed by atoms with Crippen LogP contribution in [-0.2, 0) is 0 Å². The fraction of sp³-hybridized carbons (Fsp3) is 0.111. The van der Waals surface area contributed by atoms with Crippen LogP contribution in [-0.4, -0.2) is 17.0 Å². The van der Waals surface area contributed by atoms with Gasteiger partial charge in [-0.3, -0.25) is 14.8 Å². The van der Waals surface area contributed by atoms with E-state index in [-0.39, 0.29) is 11.9 Å². The smallest absolute Gasteiger partial charge is 0.274 e. The van der Waals surface area contributed by atoms with Crippen LogP contribution in [0.2, 0.25) is 0 Å². The van der Waals surface area contributed by atoms with E-state index in [9.17, 15) is 9.59 Å². The van der Waals surface area contributed by atoms with Gasteiger partial charge in [0.05, 0.1) is 10.9 Å². The predicted octanol–water partition coefficient (Wildman–Crippen LogP) is 3.51. The highest BCUT2D eigenvalue weighted by atomic mass is 32.1. The summed E-state index contributed by atoms with van der Waals surface area (Å²) in [4.78, 5) is 24.4. The number of hydrogen-bond donors (Lipinski definition) is 3. The van der Waals surface area contributed by atoms with Gasteiger partial charge in [0.25, 0.3) is 11.8 Å². The topological polar surface area (TPSA) is 78.4 Å². The number of benzene rings is 2. The Kier molecular flexibility index (Phi) is 4.59. The molecule has 0 radical (unpaired) electrons. The quantitative estimate of drug-likeness (QED) is 0.502. The molecule has 3 N–H and O–H groups in total. The van der Waals surface area contributed by atoms with E-state index in [1.54, 1.807) is 29.7 Å². The molecule has 1 heterocycles. The monoisotopic (exact) mass is 340 g/mol. The minimum Gasteiger partial charge on any atom is -0.345 e. The summed E-state index contributed by atoms with van der Waals surface area (Å²) in [6, 6.07) is 16.3. The molecule has 3 rings (SSSR count). The number of fused-ring (bicyclic) bond motifs is 1. The maximum absolute atomic E-state index is 12.4. The Labute approximate surface area is 142 Å². The van der Waals surface area contributed by atoms with E-state index >= 15 is 0 Å². The zero-order chi connectivity index (χ0) is 17.1. The molecule has 3 aromatic rings. The van der Waals surface area contributed by atoms with Crippen molar-refractivity contribution < 1.29 is 14.8 Å². The molecule has 0 saturated heterocycles. The van der Waals surface area contributed by atoms with Crippen molar-refractivity contribution in [3.63, 3.8) is 0 Å². The van der Waals surface area contributed by atoms with Gasteiger partial charge in [0.15, 0.2) is 0 Å². The SMILES string of the molecule is C[C@H](NC(=O)c1cc2ccccc2s1)c1ccc(C(=O)NO)cc1. The fourth-order valence-corrected chi connectivity index (χ4v) is 3.40. The average Bonchev–Trinajstić information content (AvgIpc) is 3.05. The summed E-state index contributed by atoms with van der Waals surface area (Å²) in [5, 5.41) is 12.6. The van der Waals surface area contributed by atoms with Crippen LogP contribution in [0.3, 0.4) is 0 Å². The first kappa shape index (κ1) is 16.2. The lowest BCUT2D eigenvalue weighted by Crippen LogP contribution is -2.26. The first-order valence-corrected chi connectivity index (χ1v) is 8.24. The molecule has 122 valence electrons. The molecule has 0 saturated carbocycles. The Morgan fingerprint density at radius 1 is 1.04 bits per heavy atom. The van der Waals surface area contributed by atoms with Crippen LogP contribution in [0, 0.1) is 0 Å². The highest BCUT2D eigenvalue weighted by Gasteiger charge is 2.14. The number of nitrogens with one attached hydrogen (secondary N) is 2. The van der Waals surface area contributed by atoms with Crippen LogP contribution in [0.15, 0.2) is 54.6 Å². The predicted molar refractivity (Wildman–Crippen MR) is 93.4 cm³/mol. The molecule has 0 bridgehead atoms. The van der Waals surface area contributed by atoms with Gasteiger partial charge in [-0.2, -0.15) is 0 Å². The van der Waals surface area contributed by atoms with Crippen molar-refractivity contribution in [2.45, 2.75) is 13.0 Å². The van der Waals surface area contributed by atoms with Gasteiger partial charge in [0, 0.05) is 10.3 Å². The average molecular weight is 340 g/mol. The normalized spacial score (nSPS) is 11.9. The van der Waals surface area contributed by atoms with Gasteiger partial charge in [-0.25, -0.2) is 5.48 Å². The van der Waals surface area contributed by atoms with Crippen LogP contribution in [0.25, 0.3) is 10.1 Å². The van der Waals surface area contributed by atoms with E-state index in [0.717, 1.165) is 15.6 Å². The van der Waals surface area contributed by atoms with Crippen LogP contribution < -0.4 is 10.8 Å². The molecular weight excluding hydrogens is 324 g/mol. The van der Waals surface area contributed by atoms with Crippen molar-refractivity contribution in [2.24, 2.45) is 0 Å². The fourth-order valence-electron chi connectivity index (χ4n) is 2.43. The standard InChI is InChI=1S/C18H16N2O3S/c1-11(12-6-8-13(9-7-12)17(21)20-23)19-18(22)16-10-14-4-2-3-5-15(14)24-16/h2-11,23H,1H3,(H,19,22)(H,20,21)/t11-/m0/s1. The third-order valence-electron chi connectivity index (χ3n) is 3.77. The maximum atomic E-state index is 12.4. The maximum Gasteiger partial charge on any atom is 0.274 e. The molecule has 0 unspecified atom stereocenters. The van der Waals surface area contributed by atoms with Gasteiger partial charge in [-0.1, -0.05) is 30.3 Å². The highest BCUT2D eigenvalue weighted by Crippen LogP contribution is 2.25. The van der Waals surface area contributed by atoms with Crippen molar-refractivity contribution in [1.29, 1.82) is 0 Å². The van der Waals surface area contributed by atoms with Crippen LogP contribution in [0.1, 0.15) is 38.6 Å². The largest absolute Gasteiger partial charge is 0.345 e. The van der Waals surface area contributed by atoms with Gasteiger partial charge >= 0.3 is 0 Å². The zero-order valence-corrected chi connectivity index (χ0v) is 13.8. The number of rotatable bonds is 4. The van der Waals surface area contributed by atoms with Gasteiger partial charge in [0.1, 0.15) is 0 Å². The third-order valence-corrected chi connectivity index (χ3v) is 4.89. The molecule has 0 spiro atoms. The van der Waals surface area contributed by atoms with Crippen LogP contribution >= 0.6 is 11.3 Å². The molecule has 0 aliphatic heterocycles. The Morgan fingerprint density at radius 3 is 2.42 bits per heavy atom. The van der Waals surface area contributed by atoms with Crippen LogP contribution in [0.4, 0.5) is 0 Å². The number of amides is 2. The first-order valence-electron chi connectivity index (χ1n) is 7.42. The van der Waals surface area contributed by atoms with E-state index < -0.39 is 5.91 Å². The highest BCUT2D eigenvalue weighted by molar-refractivity contribution is 7.20. The molecule has 1 atom stereocenters. The Hall–Kier alpha value is -2.70. The second-order valence-corrected chi connectivity index (χ2v) is 6.49. The number of thiophene rings is 1. The lowest BCUT2D eigenvalue weighted by Gasteiger charge is -2.14. The molecule has 24 heavy (non-hydrogen) atoms. The molecule has 5 nitrogen and oxygen atoms in total. The molecule has 1 aromatic heterocycles. The Balaban J connectivity index is 1.72. The lowest BCUT2D eigenvalue weighted by atomic mass is 10.1. The molecule has 0 aliphatic rings. The summed E-state index contributed by atoms with van der Waals surface area (Å²) < 4.78 is 1.08. The van der Waals surface area contributed by atoms with E-state index in [4.69, 9.17) is 5.21 Å². The summed E-state index contributed by atoms with van der Waals surface area (Å²) >= 11 is 1.46. The van der Waals surface area contributed by atoms with Crippen molar-refractivity contribution >= 4 is 33.2 Å². The molecule has 0 fully saturated rings. The van der Waals surface area contributed by atoms with Gasteiger partial charge in [-0.05, 0) is 42.1 Å². The second kappa shape index (κ2) is 6.82. The molecule has 2 aromatic carbocycles. The Morgan fingerprint density at radius 2 is 1.75 bits per heavy atom. The lowest BCUT2D eigenvalue weighted by molar-refractivity contribution is 0.0706. The van der Waals surface area contributed by atoms with Crippen molar-refractivity contribution in [2.75, 3.05) is 0 Å². The van der Waals surface area contributed by atoms with Gasteiger partial charge in [0.2, 0.25) is 0 Å². The van der Waals surface area contributed by atoms with Gasteiger partial charge in [-0.15, -0.1) is 11.3 Å². The van der Waals surface area contributed by atoms with Crippen molar-refractivity contribution in [3.8, 4) is 0 Å². The third kappa shape index (κ3) is 3.29. The summed E-state index contributed by atoms with van der Waals surface area (Å²) in [6.07, 6.45) is 0. The molecule has 2 amide bonds. The number of carbonyl (C=O) groups is 2. The minimum atomic E-state index is -0.566. The molecule has 0 aliphatic carbocycles. The zero-order valence-electron chi connectivity index (χ0n) is 12.9. The number of hydrogen-bond acceptors (Lipinski definition) is 4. The Bertz CT molecular complexity index is 854. The van der Waals surface area contributed by atoms with E-state index in [0.29, 0.717) is 10.4 Å². The van der Waals surface area contributed by atoms with E-state index in [1.807, 2.05) is 37.3 Å². The van der Waals surface area contributed by atoms with Crippen molar-refractivity contribution in [3.05, 3.63) is 70.6 Å². The minimum absolute atomic E-state index is 0.124. The van der Waals surface area contributed by atoms with E-state index in [1.165, 1.54) is 11.3 Å². The summed E-state index contributed by atoms with van der Waals surface area (Å²) in [5.74, 6) is -0.690. The van der Waals surface area contributed by atoms with Crippen LogP contribution in [0.5, 0.6) is 0 Å². The van der Waals surface area contributed by atoms with E-state index in [2.05, 4.69) is 5.32 Å². The first-order chi connectivity index (χ1) is 11.6. The summed E-state index contributed by atoms with van der Waals surface area (Å²) in [7, 11) is 0. The second-order valence-electron chi connectivity index (χ2n) is 5.41. The van der Waals surface area contributed by atoms with Gasteiger partial charge < -0.3 is 5.32 Å². The summed E-state index contributed by atoms with van der Waals surface area (Å²) in [6.45, 7) is 1.88. The number of hydroxylamine groups is 1. The summed E-state index contributed by atoms with van der Waals surface area (Å²) in [5.41, 5.74) is 2.81. The van der Waals surface area contributed by atoms with Crippen molar-refractivity contribution in [1.82, 2.24) is 10.8 Å².